The highest BCUT2D eigenvalue weighted by Crippen LogP contribution is 1.91. The van der Waals surface area contributed by atoms with Crippen molar-refractivity contribution in [2.45, 2.75) is 13.8 Å². The van der Waals surface area contributed by atoms with Crippen molar-refractivity contribution in [1.29, 1.82) is 0 Å². The first kappa shape index (κ1) is 7.70. The number of hydrogen-bond donors (Lipinski definition) is 0. The Hall–Kier alpha value is -0.300. The van der Waals surface area contributed by atoms with Crippen LogP contribution in [-0.2, 0) is 0 Å². The van der Waals surface area contributed by atoms with Crippen LogP contribution in [0.25, 0.3) is 0 Å². The Morgan fingerprint density at radius 2 is 2.00 bits per heavy atom. The number of rotatable bonds is 2. The Balaban J connectivity index is 3.39. The van der Waals surface area contributed by atoms with Crippen LogP contribution < -0.4 is 0 Å². The molecule has 0 saturated carbocycles. The molecule has 0 saturated heterocycles. The highest BCUT2D eigenvalue weighted by Gasteiger charge is 1.87. The van der Waals surface area contributed by atoms with Crippen LogP contribution in [-0.4, -0.2) is 25.5 Å². The summed E-state index contributed by atoms with van der Waals surface area (Å²) in [6.45, 7) is 5.29. The van der Waals surface area contributed by atoms with Gasteiger partial charge in [0.05, 0.1) is 0 Å². The molecule has 0 unspecified atom stereocenters. The molecule has 0 atom stereocenters. The van der Waals surface area contributed by atoms with E-state index in [4.69, 9.17) is 0 Å². The minimum absolute atomic E-state index is 1.08. The molecule has 8 heavy (non-hydrogen) atoms. The Morgan fingerprint density at radius 3 is 2.12 bits per heavy atom. The summed E-state index contributed by atoms with van der Waals surface area (Å²) in [5, 5.41) is 0. The fourth-order valence-corrected chi connectivity index (χ4v) is 0.590. The molecule has 0 aromatic heterocycles. The lowest BCUT2D eigenvalue weighted by Crippen LogP contribution is -2.13. The molecular formula is C7H15N. The molecule has 0 heterocycles. The normalized spacial score (nSPS) is 12.9. The topological polar surface area (TPSA) is 3.24 Å². The van der Waals surface area contributed by atoms with Crippen molar-refractivity contribution >= 4 is 0 Å². The van der Waals surface area contributed by atoms with Gasteiger partial charge in [-0.05, 0) is 27.9 Å². The standard InChI is InChI=1S/C7H15N/c1-5-7(2)6-8(3)4/h5H,6H2,1-4H3/b7-5-. The monoisotopic (exact) mass is 113 g/mol. The summed E-state index contributed by atoms with van der Waals surface area (Å²) in [5.74, 6) is 0. The van der Waals surface area contributed by atoms with E-state index in [1.807, 2.05) is 0 Å². The molecule has 0 aliphatic heterocycles. The van der Waals surface area contributed by atoms with E-state index >= 15 is 0 Å². The van der Waals surface area contributed by atoms with Gasteiger partial charge in [-0.3, -0.25) is 0 Å². The minimum Gasteiger partial charge on any atom is -0.305 e. The molecule has 0 bridgehead atoms. The summed E-state index contributed by atoms with van der Waals surface area (Å²) in [7, 11) is 4.15. The van der Waals surface area contributed by atoms with Gasteiger partial charge in [-0.25, -0.2) is 0 Å². The molecule has 0 aromatic rings. The zero-order chi connectivity index (χ0) is 6.57. The molecule has 0 radical (unpaired) electrons. The van der Waals surface area contributed by atoms with E-state index in [-0.39, 0.29) is 0 Å². The van der Waals surface area contributed by atoms with Gasteiger partial charge in [0, 0.05) is 6.54 Å². The number of nitrogens with zero attached hydrogens (tertiary/aromatic N) is 1. The smallest absolute Gasteiger partial charge is 0.0183 e. The Morgan fingerprint density at radius 1 is 1.50 bits per heavy atom. The van der Waals surface area contributed by atoms with Gasteiger partial charge < -0.3 is 4.90 Å². The van der Waals surface area contributed by atoms with Crippen molar-refractivity contribution in [3.63, 3.8) is 0 Å². The number of likely N-dealkylation sites (N-methyl/N-ethyl adjacent to an activating group) is 1. The summed E-state index contributed by atoms with van der Waals surface area (Å²) >= 11 is 0. The van der Waals surface area contributed by atoms with Crippen molar-refractivity contribution in [3.05, 3.63) is 11.6 Å². The van der Waals surface area contributed by atoms with E-state index in [0.717, 1.165) is 6.54 Å². The molecule has 0 fully saturated rings. The second-order valence-corrected chi connectivity index (χ2v) is 2.37. The maximum atomic E-state index is 2.16. The van der Waals surface area contributed by atoms with Crippen molar-refractivity contribution in [2.24, 2.45) is 0 Å². The van der Waals surface area contributed by atoms with E-state index in [0.29, 0.717) is 0 Å². The van der Waals surface area contributed by atoms with Crippen LogP contribution in [0.1, 0.15) is 13.8 Å². The Bertz CT molecular complexity index is 82.4. The molecule has 0 aromatic carbocycles. The van der Waals surface area contributed by atoms with Crippen LogP contribution in [0.4, 0.5) is 0 Å². The largest absolute Gasteiger partial charge is 0.305 e. The fraction of sp³-hybridized carbons (Fsp3) is 0.714. The molecule has 0 spiro atoms. The summed E-state index contributed by atoms with van der Waals surface area (Å²) in [4.78, 5) is 2.16. The van der Waals surface area contributed by atoms with Crippen molar-refractivity contribution in [1.82, 2.24) is 4.90 Å². The molecule has 0 rings (SSSR count). The van der Waals surface area contributed by atoms with E-state index in [1.165, 1.54) is 5.57 Å². The van der Waals surface area contributed by atoms with Crippen LogP contribution in [0.15, 0.2) is 11.6 Å². The predicted octanol–water partition coefficient (Wildman–Crippen LogP) is 1.51. The van der Waals surface area contributed by atoms with Gasteiger partial charge in [-0.15, -0.1) is 0 Å². The van der Waals surface area contributed by atoms with Crippen LogP contribution in [0.2, 0.25) is 0 Å². The lowest BCUT2D eigenvalue weighted by Gasteiger charge is -2.07. The molecule has 1 nitrogen and oxygen atoms in total. The third-order valence-corrected chi connectivity index (χ3v) is 1.06. The lowest BCUT2D eigenvalue weighted by atomic mass is 10.3. The molecular weight excluding hydrogens is 98.1 g/mol. The fourth-order valence-electron chi connectivity index (χ4n) is 0.590. The molecule has 48 valence electrons. The van der Waals surface area contributed by atoms with Crippen LogP contribution in [0, 0.1) is 0 Å². The SMILES string of the molecule is C/C=C(/C)CN(C)C. The van der Waals surface area contributed by atoms with Crippen LogP contribution in [0.5, 0.6) is 0 Å². The van der Waals surface area contributed by atoms with Gasteiger partial charge in [0.2, 0.25) is 0 Å². The maximum absolute atomic E-state index is 2.16. The quantitative estimate of drug-likeness (QED) is 0.491. The first-order chi connectivity index (χ1) is 3.66. The molecule has 0 aliphatic rings. The maximum Gasteiger partial charge on any atom is 0.0183 e. The summed E-state index contributed by atoms with van der Waals surface area (Å²) in [6, 6.07) is 0. The number of hydrogen-bond acceptors (Lipinski definition) is 1. The predicted molar refractivity (Wildman–Crippen MR) is 38.0 cm³/mol. The van der Waals surface area contributed by atoms with Crippen molar-refractivity contribution in [2.75, 3.05) is 20.6 Å². The molecule has 0 N–H and O–H groups in total. The zero-order valence-electron chi connectivity index (χ0n) is 6.23. The van der Waals surface area contributed by atoms with Crippen molar-refractivity contribution in [3.8, 4) is 0 Å². The summed E-state index contributed by atoms with van der Waals surface area (Å²) in [6.07, 6.45) is 2.14. The van der Waals surface area contributed by atoms with E-state index in [2.05, 4.69) is 38.9 Å². The second kappa shape index (κ2) is 3.67. The van der Waals surface area contributed by atoms with Gasteiger partial charge in [0.1, 0.15) is 0 Å². The summed E-state index contributed by atoms with van der Waals surface area (Å²) < 4.78 is 0. The van der Waals surface area contributed by atoms with Gasteiger partial charge in [-0.1, -0.05) is 11.6 Å². The average Bonchev–Trinajstić information content (AvgIpc) is 1.65. The van der Waals surface area contributed by atoms with Crippen molar-refractivity contribution < 1.29 is 0 Å². The molecule has 0 aliphatic carbocycles. The molecule has 0 amide bonds. The first-order valence-electron chi connectivity index (χ1n) is 2.93. The average molecular weight is 113 g/mol. The van der Waals surface area contributed by atoms with Crippen LogP contribution in [0.3, 0.4) is 0 Å². The highest BCUT2D eigenvalue weighted by molar-refractivity contribution is 4.97. The number of allylic oxidation sites excluding steroid dienone is 1. The van der Waals surface area contributed by atoms with E-state index in [1.54, 1.807) is 0 Å². The third kappa shape index (κ3) is 3.88. The van der Waals surface area contributed by atoms with E-state index in [9.17, 15) is 0 Å². The minimum atomic E-state index is 1.08. The lowest BCUT2D eigenvalue weighted by molar-refractivity contribution is 0.445. The van der Waals surface area contributed by atoms with Gasteiger partial charge in [-0.2, -0.15) is 0 Å². The van der Waals surface area contributed by atoms with Crippen LogP contribution >= 0.6 is 0 Å². The Labute approximate surface area is 52.0 Å². The van der Waals surface area contributed by atoms with E-state index < -0.39 is 0 Å². The van der Waals surface area contributed by atoms with Gasteiger partial charge >= 0.3 is 0 Å². The first-order valence-corrected chi connectivity index (χ1v) is 2.93. The van der Waals surface area contributed by atoms with Gasteiger partial charge in [0.25, 0.3) is 0 Å². The second-order valence-electron chi connectivity index (χ2n) is 2.37. The zero-order valence-corrected chi connectivity index (χ0v) is 6.23. The highest BCUT2D eigenvalue weighted by atomic mass is 15.0. The Kier molecular flexibility index (Phi) is 3.53. The summed E-state index contributed by atoms with van der Waals surface area (Å²) in [5.41, 5.74) is 1.43. The van der Waals surface area contributed by atoms with Gasteiger partial charge in [0.15, 0.2) is 0 Å². The molecule has 1 heteroatoms. The third-order valence-electron chi connectivity index (χ3n) is 1.06.